The molecule has 0 radical (unpaired) electrons. The molecule has 2 heteroatoms. The lowest BCUT2D eigenvalue weighted by molar-refractivity contribution is 1.49. The number of benzene rings is 5. The first kappa shape index (κ1) is 24.6. The van der Waals surface area contributed by atoms with Crippen LogP contribution in [0.4, 0.5) is 0 Å². The van der Waals surface area contributed by atoms with Crippen LogP contribution in [0.15, 0.2) is 121 Å². The fourth-order valence-electron chi connectivity index (χ4n) is 4.71. The van der Waals surface area contributed by atoms with Gasteiger partial charge in [0, 0.05) is 0 Å². The van der Waals surface area contributed by atoms with Gasteiger partial charge in [-0.15, -0.1) is 0 Å². The van der Waals surface area contributed by atoms with Gasteiger partial charge in [-0.05, 0) is 75.4 Å². The summed E-state index contributed by atoms with van der Waals surface area (Å²) in [6.07, 6.45) is 0. The minimum Gasteiger partial charge on any atom is -0.0613 e. The Morgan fingerprint density at radius 2 is 0.556 bits per heavy atom. The molecule has 36 heavy (non-hydrogen) atoms. The van der Waals surface area contributed by atoms with Gasteiger partial charge in [0.1, 0.15) is 0 Å². The second-order valence-electron chi connectivity index (χ2n) is 9.54. The summed E-state index contributed by atoms with van der Waals surface area (Å²) in [5.41, 5.74) is 5.25. The smallest absolute Gasteiger partial charge is 0.0134 e. The molecule has 0 aromatic heterocycles. The maximum atomic E-state index is 2.38. The van der Waals surface area contributed by atoms with Crippen LogP contribution < -0.4 is 31.8 Å². The summed E-state index contributed by atoms with van der Waals surface area (Å²) in [6, 6.07) is 45.6. The lowest BCUT2D eigenvalue weighted by Gasteiger charge is -2.23. The first-order valence-corrected chi connectivity index (χ1v) is 15.1. The summed E-state index contributed by atoms with van der Waals surface area (Å²) in [5, 5.41) is 8.42. The number of rotatable bonds is 6. The van der Waals surface area contributed by atoms with Crippen molar-refractivity contribution in [1.82, 2.24) is 0 Å². The van der Waals surface area contributed by atoms with Gasteiger partial charge in [0.2, 0.25) is 0 Å². The van der Waals surface area contributed by atoms with E-state index in [0.29, 0.717) is 0 Å². The predicted molar refractivity (Wildman–Crippen MR) is 163 cm³/mol. The fourth-order valence-corrected chi connectivity index (χ4v) is 9.67. The van der Waals surface area contributed by atoms with Crippen LogP contribution >= 0.6 is 15.8 Å². The quantitative estimate of drug-likeness (QED) is 0.235. The van der Waals surface area contributed by atoms with Crippen molar-refractivity contribution in [3.8, 4) is 0 Å². The van der Waals surface area contributed by atoms with Crippen LogP contribution in [0.1, 0.15) is 22.3 Å². The lowest BCUT2D eigenvalue weighted by Crippen LogP contribution is -2.24. The Hall–Kier alpha value is -3.04. The highest BCUT2D eigenvalue weighted by molar-refractivity contribution is 7.80. The molecule has 0 aliphatic heterocycles. The van der Waals surface area contributed by atoms with E-state index in [1.54, 1.807) is 0 Å². The van der Waals surface area contributed by atoms with Gasteiger partial charge in [0.15, 0.2) is 0 Å². The molecule has 5 aromatic carbocycles. The normalized spacial score (nSPS) is 11.3. The molecule has 0 amide bonds. The van der Waals surface area contributed by atoms with Gasteiger partial charge in [0.05, 0.1) is 0 Å². The third kappa shape index (κ3) is 5.52. The molecule has 0 unspecified atom stereocenters. The van der Waals surface area contributed by atoms with Crippen LogP contribution in [0.5, 0.6) is 0 Å². The molecule has 5 aromatic rings. The van der Waals surface area contributed by atoms with Crippen LogP contribution in [0.3, 0.4) is 0 Å². The second kappa shape index (κ2) is 10.9. The van der Waals surface area contributed by atoms with Crippen LogP contribution in [-0.2, 0) is 0 Å². The van der Waals surface area contributed by atoms with Gasteiger partial charge < -0.3 is 0 Å². The Bertz CT molecular complexity index is 1280. The zero-order valence-corrected chi connectivity index (χ0v) is 23.2. The van der Waals surface area contributed by atoms with Gasteiger partial charge in [-0.1, -0.05) is 144 Å². The molecule has 0 N–H and O–H groups in total. The Labute approximate surface area is 218 Å². The largest absolute Gasteiger partial charge is 0.0613 e. The standard InChI is InChI=1S/C34H32P2/c1-25-9-5-13-31(21-25)35(32-14-6-10-26(2)22-32)29-17-19-30(20-18-29)36(33-15-7-11-27(3)23-33)34-16-8-12-28(4)24-34/h5-24H,1-4H3. The SMILES string of the molecule is Cc1cccc(P(c2ccc(P(c3cccc(C)c3)c3cccc(C)c3)cc2)c2cccc(C)c2)c1. The second-order valence-corrected chi connectivity index (χ2v) is 14.0. The van der Waals surface area contributed by atoms with Crippen molar-refractivity contribution in [2.45, 2.75) is 27.7 Å². The first-order chi connectivity index (χ1) is 17.5. The van der Waals surface area contributed by atoms with E-state index in [9.17, 15) is 0 Å². The molecular formula is C34H32P2. The molecule has 0 bridgehead atoms. The van der Waals surface area contributed by atoms with Crippen LogP contribution in [0, 0.1) is 27.7 Å². The third-order valence-electron chi connectivity index (χ3n) is 6.41. The highest BCUT2D eigenvalue weighted by Gasteiger charge is 2.20. The molecular weight excluding hydrogens is 470 g/mol. The summed E-state index contributed by atoms with van der Waals surface area (Å²) in [7, 11) is -1.24. The fraction of sp³-hybridized carbons (Fsp3) is 0.118. The van der Waals surface area contributed by atoms with E-state index < -0.39 is 15.8 Å². The van der Waals surface area contributed by atoms with Gasteiger partial charge >= 0.3 is 0 Å². The Kier molecular flexibility index (Phi) is 7.48. The summed E-state index contributed by atoms with van der Waals surface area (Å²) in [4.78, 5) is 0. The average molecular weight is 503 g/mol. The van der Waals surface area contributed by atoms with E-state index in [-0.39, 0.29) is 0 Å². The van der Waals surface area contributed by atoms with Crippen molar-refractivity contribution in [2.75, 3.05) is 0 Å². The summed E-state index contributed by atoms with van der Waals surface area (Å²) in [5.74, 6) is 0. The Morgan fingerprint density at radius 1 is 0.306 bits per heavy atom. The van der Waals surface area contributed by atoms with Gasteiger partial charge in [-0.3, -0.25) is 0 Å². The van der Waals surface area contributed by atoms with Gasteiger partial charge in [-0.25, -0.2) is 0 Å². The molecule has 0 heterocycles. The Morgan fingerprint density at radius 3 is 0.778 bits per heavy atom. The van der Waals surface area contributed by atoms with Crippen molar-refractivity contribution in [1.29, 1.82) is 0 Å². The van der Waals surface area contributed by atoms with Crippen molar-refractivity contribution >= 4 is 47.7 Å². The predicted octanol–water partition coefficient (Wildman–Crippen LogP) is 6.44. The zero-order valence-electron chi connectivity index (χ0n) is 21.4. The molecule has 178 valence electrons. The summed E-state index contributed by atoms with van der Waals surface area (Å²) < 4.78 is 0. The molecule has 5 rings (SSSR count). The molecule has 0 saturated carbocycles. The minimum atomic E-state index is -0.622. The molecule has 0 atom stereocenters. The zero-order chi connectivity index (χ0) is 25.1. The van der Waals surface area contributed by atoms with Crippen molar-refractivity contribution < 1.29 is 0 Å². The minimum absolute atomic E-state index is 0.622. The highest BCUT2D eigenvalue weighted by atomic mass is 31.1. The maximum Gasteiger partial charge on any atom is -0.0134 e. The van der Waals surface area contributed by atoms with Crippen molar-refractivity contribution in [3.05, 3.63) is 144 Å². The monoisotopic (exact) mass is 502 g/mol. The first-order valence-electron chi connectivity index (χ1n) is 12.4. The maximum absolute atomic E-state index is 2.38. The molecule has 0 aliphatic rings. The van der Waals surface area contributed by atoms with E-state index in [1.807, 2.05) is 0 Å². The number of hydrogen-bond acceptors (Lipinski definition) is 0. The van der Waals surface area contributed by atoms with E-state index in [2.05, 4.69) is 149 Å². The van der Waals surface area contributed by atoms with Gasteiger partial charge in [0.25, 0.3) is 0 Å². The van der Waals surface area contributed by atoms with Crippen LogP contribution in [0.25, 0.3) is 0 Å². The van der Waals surface area contributed by atoms with Crippen LogP contribution in [-0.4, -0.2) is 0 Å². The molecule has 0 nitrogen and oxygen atoms in total. The van der Waals surface area contributed by atoms with E-state index >= 15 is 0 Å². The topological polar surface area (TPSA) is 0 Å². The summed E-state index contributed by atoms with van der Waals surface area (Å²) in [6.45, 7) is 8.75. The van der Waals surface area contributed by atoms with E-state index in [0.717, 1.165) is 0 Å². The van der Waals surface area contributed by atoms with Crippen LogP contribution in [0.2, 0.25) is 0 Å². The van der Waals surface area contributed by atoms with Crippen molar-refractivity contribution in [3.63, 3.8) is 0 Å². The number of hydrogen-bond donors (Lipinski definition) is 0. The molecule has 0 aliphatic carbocycles. The lowest BCUT2D eigenvalue weighted by atomic mass is 10.2. The van der Waals surface area contributed by atoms with Gasteiger partial charge in [-0.2, -0.15) is 0 Å². The summed E-state index contributed by atoms with van der Waals surface area (Å²) >= 11 is 0. The average Bonchev–Trinajstić information content (AvgIpc) is 2.86. The Balaban J connectivity index is 1.61. The highest BCUT2D eigenvalue weighted by Crippen LogP contribution is 2.36. The molecule has 0 saturated heterocycles. The van der Waals surface area contributed by atoms with Crippen molar-refractivity contribution in [2.24, 2.45) is 0 Å². The molecule has 0 spiro atoms. The van der Waals surface area contributed by atoms with E-state index in [1.165, 1.54) is 54.1 Å². The molecule has 0 fully saturated rings. The number of aryl methyl sites for hydroxylation is 4. The van der Waals surface area contributed by atoms with E-state index in [4.69, 9.17) is 0 Å². The third-order valence-corrected chi connectivity index (χ3v) is 11.2.